The molecule has 0 radical (unpaired) electrons. The van der Waals surface area contributed by atoms with Gasteiger partial charge in [-0.05, 0) is 51.9 Å². The lowest BCUT2D eigenvalue weighted by atomic mass is 10.0. The zero-order chi connectivity index (χ0) is 46.9. The number of carboxylic acids is 3. The maximum atomic E-state index is 13.4. The summed E-state index contributed by atoms with van der Waals surface area (Å²) in [5.74, 6) is -9.41. The molecule has 1 aliphatic rings. The van der Waals surface area contributed by atoms with Crippen LogP contribution in [0.3, 0.4) is 0 Å². The number of ketones is 1. The van der Waals surface area contributed by atoms with Crippen LogP contribution in [-0.2, 0) is 52.7 Å². The molecule has 0 aromatic carbocycles. The lowest BCUT2D eigenvalue weighted by molar-refractivity contribution is -0.146. The Hall–Kier alpha value is -5.67. The van der Waals surface area contributed by atoms with Crippen molar-refractivity contribution in [3.05, 3.63) is 0 Å². The Labute approximate surface area is 349 Å². The number of aliphatic hydroxyl groups excluding tert-OH is 1. The van der Waals surface area contributed by atoms with Gasteiger partial charge in [-0.15, -0.1) is 0 Å². The smallest absolute Gasteiger partial charge is 0.328 e. The van der Waals surface area contributed by atoms with Crippen LogP contribution in [0.2, 0.25) is 0 Å². The van der Waals surface area contributed by atoms with Crippen molar-refractivity contribution < 1.29 is 73.2 Å². The first-order valence-corrected chi connectivity index (χ1v) is 19.8. The number of carbonyl (C=O) groups excluding carboxylic acids is 8. The van der Waals surface area contributed by atoms with Gasteiger partial charge in [0.2, 0.25) is 41.2 Å². The van der Waals surface area contributed by atoms with Crippen LogP contribution in [0, 0.1) is 5.92 Å². The molecule has 342 valence electrons. The molecule has 1 fully saturated rings. The number of nitrogens with one attached hydrogen (secondary N) is 6. The van der Waals surface area contributed by atoms with Gasteiger partial charge in [0.25, 0.3) is 5.91 Å². The Bertz CT molecular complexity index is 1500. The molecule has 0 aliphatic carbocycles. The van der Waals surface area contributed by atoms with Gasteiger partial charge in [0.05, 0.1) is 12.6 Å². The fourth-order valence-electron chi connectivity index (χ4n) is 5.14. The Morgan fingerprint density at radius 1 is 0.650 bits per heavy atom. The Morgan fingerprint density at radius 2 is 1.18 bits per heavy atom. The normalized spacial score (nSPS) is 15.9. The van der Waals surface area contributed by atoms with Crippen LogP contribution in [0.4, 0.5) is 0 Å². The van der Waals surface area contributed by atoms with Gasteiger partial charge >= 0.3 is 17.9 Å². The van der Waals surface area contributed by atoms with Crippen molar-refractivity contribution in [1.29, 1.82) is 0 Å². The summed E-state index contributed by atoms with van der Waals surface area (Å²) in [6.45, 7) is 14.4. The average molecular weight is 860 g/mol. The van der Waals surface area contributed by atoms with Crippen molar-refractivity contribution in [2.45, 2.75) is 156 Å². The van der Waals surface area contributed by atoms with Gasteiger partial charge in [0.15, 0.2) is 6.04 Å². The van der Waals surface area contributed by atoms with Gasteiger partial charge < -0.3 is 57.2 Å². The number of hydrogen-bond acceptors (Lipinski definition) is 12. The zero-order valence-electron chi connectivity index (χ0n) is 35.9. The molecule has 0 aromatic rings. The molecule has 0 aromatic heterocycles. The van der Waals surface area contributed by atoms with Gasteiger partial charge in [0.1, 0.15) is 30.2 Å². The minimum Gasteiger partial charge on any atom is -0.481 e. The first-order valence-electron chi connectivity index (χ1n) is 19.8. The van der Waals surface area contributed by atoms with Crippen LogP contribution in [0.1, 0.15) is 114 Å². The Morgan fingerprint density at radius 3 is 1.63 bits per heavy atom. The molecule has 22 heteroatoms. The number of aliphatic carboxylic acids is 3. The van der Waals surface area contributed by atoms with E-state index in [1.165, 1.54) is 18.7 Å². The van der Waals surface area contributed by atoms with Gasteiger partial charge in [-0.3, -0.25) is 47.9 Å². The molecule has 0 spiro atoms. The molecular formula is C38H65N7O15. The van der Waals surface area contributed by atoms with E-state index in [0.29, 0.717) is 12.8 Å². The lowest BCUT2D eigenvalue weighted by Crippen LogP contribution is -2.58. The summed E-state index contributed by atoms with van der Waals surface area (Å²) in [6, 6.07) is -8.87. The predicted octanol–water partition coefficient (Wildman–Crippen LogP) is -1.19. The van der Waals surface area contributed by atoms with Crippen molar-refractivity contribution in [1.82, 2.24) is 36.8 Å². The van der Waals surface area contributed by atoms with Gasteiger partial charge in [-0.1, -0.05) is 48.0 Å². The standard InChI is InChI=1S/C31H49N7O13.C4H10.C3H6O2/c1-6-9-19(24(43)29(48)37-21(14-39)31(50)51)36-28(47)22-10-8-13-38(22)30(49)16(4)33-26(45)18(7-2)35-25(44)15(3)32-27(46)20(34-17(5)40)11-12-23(41)42;1-4(2)3;1-2-3(4)5/h15-16,18-22,39H,6-14H2,1-5H3,(H,32,46)(H,33,45)(H,34,40)(H,35,44)(H,36,47)(H,37,48)(H,41,42)(H,50,51);4H,1-3H3;2H2,1H3,(H,4,5)/t15-,16-,18?,19-,20?,21-,22?;;/m0../s1. The molecule has 1 heterocycles. The third kappa shape index (κ3) is 22.5. The van der Waals surface area contributed by atoms with Crippen molar-refractivity contribution in [3.8, 4) is 0 Å². The van der Waals surface area contributed by atoms with Crippen LogP contribution in [-0.4, -0.2) is 146 Å². The quantitative estimate of drug-likeness (QED) is 0.0573. The number of hydrogen-bond donors (Lipinski definition) is 10. The van der Waals surface area contributed by atoms with E-state index >= 15 is 0 Å². The SMILES string of the molecule is CC(C)C.CCC(=O)O.CCC[C@H](NC(=O)C1CCCN1C(=O)[C@H](C)NC(=O)C(CC)NC(=O)[C@H](C)NC(=O)C(CCC(=O)O)NC(C)=O)C(=O)C(=O)N[C@@H](CO)C(=O)O. The second-order valence-electron chi connectivity index (χ2n) is 14.5. The number of aliphatic hydroxyl groups is 1. The highest BCUT2D eigenvalue weighted by Crippen LogP contribution is 2.19. The second-order valence-corrected chi connectivity index (χ2v) is 14.5. The first-order chi connectivity index (χ1) is 27.9. The largest absolute Gasteiger partial charge is 0.481 e. The Balaban J connectivity index is 0. The van der Waals surface area contributed by atoms with E-state index in [1.54, 1.807) is 20.8 Å². The summed E-state index contributed by atoms with van der Waals surface area (Å²) in [5, 5.41) is 48.8. The summed E-state index contributed by atoms with van der Waals surface area (Å²) in [7, 11) is 0. The summed E-state index contributed by atoms with van der Waals surface area (Å²) in [6.07, 6.45) is 0.645. The minimum atomic E-state index is -1.73. The minimum absolute atomic E-state index is 0.0228. The molecule has 60 heavy (non-hydrogen) atoms. The highest BCUT2D eigenvalue weighted by molar-refractivity contribution is 6.38. The molecule has 7 atom stereocenters. The molecule has 22 nitrogen and oxygen atoms in total. The van der Waals surface area contributed by atoms with Gasteiger partial charge in [-0.2, -0.15) is 0 Å². The van der Waals surface area contributed by atoms with Crippen molar-refractivity contribution in [2.75, 3.05) is 13.2 Å². The summed E-state index contributed by atoms with van der Waals surface area (Å²) in [4.78, 5) is 134. The van der Waals surface area contributed by atoms with E-state index in [4.69, 9.17) is 20.4 Å². The number of amides is 7. The van der Waals surface area contributed by atoms with Crippen molar-refractivity contribution in [3.63, 3.8) is 0 Å². The van der Waals surface area contributed by atoms with Gasteiger partial charge in [-0.25, -0.2) is 4.79 Å². The van der Waals surface area contributed by atoms with Gasteiger partial charge in [0, 0.05) is 26.3 Å². The summed E-state index contributed by atoms with van der Waals surface area (Å²) in [5.41, 5.74) is 0. The maximum Gasteiger partial charge on any atom is 0.328 e. The number of carbonyl (C=O) groups is 11. The fraction of sp³-hybridized carbons (Fsp3) is 0.711. The predicted molar refractivity (Wildman–Crippen MR) is 214 cm³/mol. The zero-order valence-corrected chi connectivity index (χ0v) is 35.9. The van der Waals surface area contributed by atoms with Crippen LogP contribution in [0.25, 0.3) is 0 Å². The molecular weight excluding hydrogens is 794 g/mol. The summed E-state index contributed by atoms with van der Waals surface area (Å²) >= 11 is 0. The van der Waals surface area contributed by atoms with E-state index in [9.17, 15) is 52.7 Å². The van der Waals surface area contributed by atoms with E-state index in [-0.39, 0.29) is 38.6 Å². The second kappa shape index (κ2) is 29.5. The van der Waals surface area contributed by atoms with Crippen LogP contribution in [0.5, 0.6) is 0 Å². The number of rotatable bonds is 22. The maximum absolute atomic E-state index is 13.4. The van der Waals surface area contributed by atoms with Crippen molar-refractivity contribution >= 4 is 65.0 Å². The molecule has 3 unspecified atom stereocenters. The molecule has 1 aliphatic heterocycles. The van der Waals surface area contributed by atoms with Crippen LogP contribution in [0.15, 0.2) is 0 Å². The number of likely N-dealkylation sites (tertiary alicyclic amines) is 1. The number of carboxylic acid groups (broad SMARTS) is 3. The van der Waals surface area contributed by atoms with E-state index in [0.717, 1.165) is 12.8 Å². The fourth-order valence-corrected chi connectivity index (χ4v) is 5.14. The lowest BCUT2D eigenvalue weighted by Gasteiger charge is -2.29. The van der Waals surface area contributed by atoms with E-state index < -0.39 is 120 Å². The third-order valence-corrected chi connectivity index (χ3v) is 8.22. The first kappa shape index (κ1) is 56.4. The molecule has 7 amide bonds. The molecule has 0 bridgehead atoms. The average Bonchev–Trinajstić information content (AvgIpc) is 3.66. The highest BCUT2D eigenvalue weighted by atomic mass is 16.4. The topological polar surface area (TPSA) is 344 Å². The third-order valence-electron chi connectivity index (χ3n) is 8.22. The molecule has 0 saturated carbocycles. The molecule has 10 N–H and O–H groups in total. The highest BCUT2D eigenvalue weighted by Gasteiger charge is 2.39. The molecule has 1 saturated heterocycles. The Kier molecular flexibility index (Phi) is 27.8. The molecule has 1 rings (SSSR count). The van der Waals surface area contributed by atoms with Crippen molar-refractivity contribution in [2.24, 2.45) is 5.92 Å². The van der Waals surface area contributed by atoms with Crippen LogP contribution < -0.4 is 31.9 Å². The number of Topliss-reactive ketones (excluding diaryl/α,β-unsaturated/α-hetero) is 1. The van der Waals surface area contributed by atoms with E-state index in [2.05, 4.69) is 47.4 Å². The van der Waals surface area contributed by atoms with Crippen LogP contribution >= 0.6 is 0 Å². The monoisotopic (exact) mass is 859 g/mol. The van der Waals surface area contributed by atoms with E-state index in [1.807, 2.05) is 5.32 Å². The summed E-state index contributed by atoms with van der Waals surface area (Å²) < 4.78 is 0. The number of nitrogens with zero attached hydrogens (tertiary/aromatic N) is 1.